The van der Waals surface area contributed by atoms with E-state index in [2.05, 4.69) is 203 Å². The Morgan fingerprint density at radius 1 is 0.174 bits per heavy atom. The minimum Gasteiger partial charge on any atom is -0.439 e. The van der Waals surface area contributed by atoms with Crippen molar-refractivity contribution < 1.29 is 70.0 Å². The van der Waals surface area contributed by atoms with Gasteiger partial charge in [0.05, 0.1) is 0 Å². The van der Waals surface area contributed by atoms with Crippen LogP contribution < -0.4 is 0 Å². The largest absolute Gasteiger partial charge is 0.439 e. The van der Waals surface area contributed by atoms with Gasteiger partial charge in [-0.15, -0.1) is 0 Å². The molecule has 0 aliphatic heterocycles. The number of rotatable bonds is 34. The Hall–Kier alpha value is 3.22. The molecule has 0 radical (unpaired) electrons. The summed E-state index contributed by atoms with van der Waals surface area (Å²) in [5.74, 6) is 0. The molecule has 0 rings (SSSR count). The fourth-order valence-corrected chi connectivity index (χ4v) is 90.7. The highest BCUT2D eigenvalue weighted by Gasteiger charge is 2.52. The van der Waals surface area contributed by atoms with Crippen LogP contribution in [0.1, 0.15) is 0 Å². The van der Waals surface area contributed by atoms with Crippen LogP contribution in [-0.4, -0.2) is 157 Å². The normalized spacial score (nSPS) is 17.3. The fraction of sp³-hybridized carbons (Fsp3) is 1.00. The van der Waals surface area contributed by atoms with Crippen molar-refractivity contribution in [3.63, 3.8) is 0 Å². The lowest BCUT2D eigenvalue weighted by molar-refractivity contribution is 0.251. The van der Waals surface area contributed by atoms with E-state index in [4.69, 9.17) is 70.0 Å². The van der Waals surface area contributed by atoms with E-state index in [1.165, 1.54) is 0 Å². The second kappa shape index (κ2) is 26.0. The monoisotopic (exact) mass is 1290 g/mol. The lowest BCUT2D eigenvalue weighted by Gasteiger charge is -2.45. The molecule has 0 aliphatic carbocycles. The summed E-state index contributed by atoms with van der Waals surface area (Å²) < 4.78 is 113. The molecule has 0 saturated carbocycles. The highest BCUT2D eigenvalue weighted by atomic mass is 28.5. The molecule has 4 atom stereocenters. The van der Waals surface area contributed by atoms with Crippen molar-refractivity contribution in [3.05, 3.63) is 0 Å². The lowest BCUT2D eigenvalue weighted by Crippen LogP contribution is -2.63. The fourth-order valence-electron chi connectivity index (χ4n) is 9.33. The summed E-state index contributed by atoms with van der Waals surface area (Å²) in [7, 11) is -43.6. The van der Waals surface area contributed by atoms with E-state index in [0.29, 0.717) is 0 Å². The van der Waals surface area contributed by atoms with Crippen LogP contribution in [0.4, 0.5) is 0 Å². The van der Waals surface area contributed by atoms with Crippen LogP contribution in [0.25, 0.3) is 0 Å². The first-order chi connectivity index (χ1) is 29.8. The van der Waals surface area contributed by atoms with Crippen LogP contribution in [0.3, 0.4) is 0 Å². The maximum atomic E-state index is 6.89. The first-order valence-corrected chi connectivity index (χ1v) is 73.5. The predicted octanol–water partition coefficient (Wildman–Crippen LogP) is 10.8. The molecule has 0 aliphatic rings. The molecule has 0 bridgehead atoms. The summed E-state index contributed by atoms with van der Waals surface area (Å²) in [6.45, 7) is 70.9. The van der Waals surface area contributed by atoms with Crippen molar-refractivity contribution in [2.24, 2.45) is 0 Å². The zero-order valence-corrected chi connectivity index (χ0v) is 68.9. The molecule has 416 valence electrons. The van der Waals surface area contributed by atoms with Crippen LogP contribution in [0.15, 0.2) is 0 Å². The van der Waals surface area contributed by atoms with Gasteiger partial charge in [-0.25, -0.2) is 0 Å². The quantitative estimate of drug-likeness (QED) is 0.0560. The van der Waals surface area contributed by atoms with E-state index in [1.54, 1.807) is 0 Å². The standard InChI is InChI=1S/C34H106O17Si18/c1-52(36-54(3)38-56(5,6)7)35-53(2)37-55(4)39-58(11,12)41-60(15,16)43-62(19,20)45-64(23,24)47-66(27,28)49-68(31,32)51-69(33,34)50-67(29,30)48-65(25,26)46-63(21,22)44-61(17,18)42-59(13,14)40-57(8,9)10/h52-55H,1-34H3. The average molecular weight is 1290 g/mol. The van der Waals surface area contributed by atoms with E-state index in [1.807, 2.05) is 19.6 Å². The van der Waals surface area contributed by atoms with Gasteiger partial charge < -0.3 is 70.0 Å². The van der Waals surface area contributed by atoms with Gasteiger partial charge in [0.15, 0.2) is 16.6 Å². The summed E-state index contributed by atoms with van der Waals surface area (Å²) in [6.07, 6.45) is 0. The first-order valence-electron chi connectivity index (χ1n) is 24.5. The zero-order chi connectivity index (χ0) is 55.3. The smallest absolute Gasteiger partial charge is 0.314 e. The second-order valence-corrected chi connectivity index (χ2v) is 86.7. The SMILES string of the molecule is C[SiH](O[SiH](C)O[SiH](C)O[Si](C)(C)O[Si](C)(C)O[Si](C)(C)O[Si](C)(C)O[Si](C)(C)O[Si](C)(C)O[Si](C)(C)O[Si](C)(C)O[Si](C)(C)O[Si](C)(C)O[Si](C)(C)O[Si](C)(C)O[Si](C)(C)C)O[SiH](C)O[Si](C)(C)C. The Morgan fingerprint density at radius 3 is 0.522 bits per heavy atom. The molecule has 0 amide bonds. The summed E-state index contributed by atoms with van der Waals surface area (Å²) in [5, 5.41) is 0. The van der Waals surface area contributed by atoms with Gasteiger partial charge in [0.2, 0.25) is 0 Å². The van der Waals surface area contributed by atoms with Crippen LogP contribution in [0.2, 0.25) is 223 Å². The molecule has 0 aromatic heterocycles. The topological polar surface area (TPSA) is 157 Å². The maximum Gasteiger partial charge on any atom is 0.314 e. The summed E-state index contributed by atoms with van der Waals surface area (Å²) in [5.41, 5.74) is 0. The van der Waals surface area contributed by atoms with Crippen LogP contribution in [-0.2, 0) is 70.0 Å². The van der Waals surface area contributed by atoms with Crippen molar-refractivity contribution in [3.8, 4) is 0 Å². The number of hydrogen-bond acceptors (Lipinski definition) is 17. The van der Waals surface area contributed by atoms with E-state index >= 15 is 0 Å². The molecule has 0 spiro atoms. The van der Waals surface area contributed by atoms with Crippen molar-refractivity contribution in [1.29, 1.82) is 0 Å². The van der Waals surface area contributed by atoms with Gasteiger partial charge in [-0.05, 0) is 223 Å². The lowest BCUT2D eigenvalue weighted by atomic mass is 11.8. The van der Waals surface area contributed by atoms with Gasteiger partial charge in [-0.3, -0.25) is 0 Å². The van der Waals surface area contributed by atoms with Crippen LogP contribution in [0, 0.1) is 0 Å². The van der Waals surface area contributed by atoms with Crippen LogP contribution >= 0.6 is 0 Å². The molecule has 35 heteroatoms. The average Bonchev–Trinajstić information content (AvgIpc) is 2.85. The molecular formula is C34H106O17Si18. The zero-order valence-electron chi connectivity index (χ0n) is 50.2. The van der Waals surface area contributed by atoms with Gasteiger partial charge in [-0.1, -0.05) is 0 Å². The first kappa shape index (κ1) is 72.2. The molecule has 0 aromatic rings. The molecule has 0 saturated heterocycles. The van der Waals surface area contributed by atoms with E-state index in [9.17, 15) is 0 Å². The van der Waals surface area contributed by atoms with Gasteiger partial charge in [0, 0.05) is 0 Å². The van der Waals surface area contributed by atoms with Gasteiger partial charge in [0.25, 0.3) is 37.1 Å². The van der Waals surface area contributed by atoms with Crippen molar-refractivity contribution >= 4 is 157 Å². The molecule has 0 fully saturated rings. The third-order valence-electron chi connectivity index (χ3n) is 8.08. The molecule has 0 aromatic carbocycles. The Morgan fingerprint density at radius 2 is 0.333 bits per heavy atom. The molecule has 17 nitrogen and oxygen atoms in total. The molecule has 69 heavy (non-hydrogen) atoms. The van der Waals surface area contributed by atoms with Crippen molar-refractivity contribution in [2.45, 2.75) is 223 Å². The highest BCUT2D eigenvalue weighted by Crippen LogP contribution is 2.32. The molecular weight excluding hydrogens is 1190 g/mol. The molecule has 4 unspecified atom stereocenters. The summed E-state index contributed by atoms with van der Waals surface area (Å²) in [6, 6.07) is 0. The Bertz CT molecular complexity index is 1580. The highest BCUT2D eigenvalue weighted by molar-refractivity contribution is 6.94. The van der Waals surface area contributed by atoms with E-state index in [0.717, 1.165) is 0 Å². The third-order valence-corrected chi connectivity index (χ3v) is 72.7. The summed E-state index contributed by atoms with van der Waals surface area (Å²) >= 11 is 0. The number of hydrogen-bond donors (Lipinski definition) is 0. The van der Waals surface area contributed by atoms with E-state index in [-0.39, 0.29) is 0 Å². The van der Waals surface area contributed by atoms with Gasteiger partial charge >= 0.3 is 103 Å². The minimum atomic E-state index is -2.81. The Kier molecular flexibility index (Phi) is 27.2. The minimum absolute atomic E-state index is 1.65. The second-order valence-electron chi connectivity index (χ2n) is 25.2. The molecule has 0 N–H and O–H groups in total. The third kappa shape index (κ3) is 36.1. The van der Waals surface area contributed by atoms with Crippen LogP contribution in [0.5, 0.6) is 0 Å². The molecule has 0 heterocycles. The van der Waals surface area contributed by atoms with Gasteiger partial charge in [-0.2, -0.15) is 0 Å². The van der Waals surface area contributed by atoms with E-state index < -0.39 is 157 Å². The van der Waals surface area contributed by atoms with Crippen molar-refractivity contribution in [2.75, 3.05) is 0 Å². The van der Waals surface area contributed by atoms with Gasteiger partial charge in [0.1, 0.15) is 0 Å². The Labute approximate surface area is 445 Å². The Balaban J connectivity index is 5.56. The predicted molar refractivity (Wildman–Crippen MR) is 327 cm³/mol. The summed E-state index contributed by atoms with van der Waals surface area (Å²) in [4.78, 5) is 0. The van der Waals surface area contributed by atoms with Crippen molar-refractivity contribution in [1.82, 2.24) is 0 Å². The maximum absolute atomic E-state index is 6.89.